The molecule has 0 radical (unpaired) electrons. The maximum Gasteiger partial charge on any atom is 0.184 e. The normalized spacial score (nSPS) is 11.3. The van der Waals surface area contributed by atoms with Gasteiger partial charge in [-0.1, -0.05) is 30.4 Å². The maximum atomic E-state index is 12.1. The zero-order valence-electron chi connectivity index (χ0n) is 9.24. The van der Waals surface area contributed by atoms with E-state index >= 15 is 0 Å². The van der Waals surface area contributed by atoms with Gasteiger partial charge in [0.1, 0.15) is 15.7 Å². The van der Waals surface area contributed by atoms with E-state index < -0.39 is 9.84 Å². The Labute approximate surface area is 114 Å². The summed E-state index contributed by atoms with van der Waals surface area (Å²) in [7, 11) is -3.36. The highest BCUT2D eigenvalue weighted by molar-refractivity contribution is 7.90. The van der Waals surface area contributed by atoms with Crippen LogP contribution in [0, 0.1) is 0 Å². The van der Waals surface area contributed by atoms with Crippen LogP contribution in [0.3, 0.4) is 0 Å². The molecular formula is C11H10N2O2S3. The van der Waals surface area contributed by atoms with Crippen molar-refractivity contribution in [1.29, 1.82) is 0 Å². The van der Waals surface area contributed by atoms with Crippen LogP contribution in [0.2, 0.25) is 0 Å². The molecule has 0 fully saturated rings. The van der Waals surface area contributed by atoms with Crippen LogP contribution in [-0.4, -0.2) is 18.4 Å². The van der Waals surface area contributed by atoms with Crippen molar-refractivity contribution >= 4 is 38.4 Å². The molecular weight excluding hydrogens is 288 g/mol. The van der Waals surface area contributed by atoms with Crippen molar-refractivity contribution in [2.45, 2.75) is 10.6 Å². The quantitative estimate of drug-likeness (QED) is 0.871. The summed E-state index contributed by atoms with van der Waals surface area (Å²) in [4.78, 5) is 5.17. The third-order valence-corrected chi connectivity index (χ3v) is 5.42. The van der Waals surface area contributed by atoms with E-state index in [0.717, 1.165) is 0 Å². The first-order valence-corrected chi connectivity index (χ1v) is 7.89. The van der Waals surface area contributed by atoms with Crippen molar-refractivity contribution in [2.75, 3.05) is 0 Å². The van der Waals surface area contributed by atoms with Gasteiger partial charge in [0, 0.05) is 6.20 Å². The fraction of sp³-hybridized carbons (Fsp3) is 0.0909. The van der Waals surface area contributed by atoms with Crippen LogP contribution in [-0.2, 0) is 15.6 Å². The van der Waals surface area contributed by atoms with Gasteiger partial charge >= 0.3 is 0 Å². The summed E-state index contributed by atoms with van der Waals surface area (Å²) in [6, 6.07) is 8.28. The Kier molecular flexibility index (Phi) is 3.74. The first kappa shape index (κ1) is 13.1. The Balaban J connectivity index is 2.25. The van der Waals surface area contributed by atoms with Crippen LogP contribution in [0.25, 0.3) is 0 Å². The highest BCUT2D eigenvalue weighted by atomic mass is 32.2. The summed E-state index contributed by atoms with van der Waals surface area (Å²) >= 11 is 6.01. The number of hydrogen-bond acceptors (Lipinski definition) is 5. The number of benzene rings is 1. The Hall–Kier alpha value is -1.31. The summed E-state index contributed by atoms with van der Waals surface area (Å²) < 4.78 is 24.2. The van der Waals surface area contributed by atoms with Crippen LogP contribution in [0.4, 0.5) is 0 Å². The summed E-state index contributed by atoms with van der Waals surface area (Å²) in [6.07, 6.45) is 1.50. The zero-order chi connectivity index (χ0) is 13.2. The van der Waals surface area contributed by atoms with E-state index in [9.17, 15) is 8.42 Å². The molecule has 0 atom stereocenters. The smallest absolute Gasteiger partial charge is 0.184 e. The van der Waals surface area contributed by atoms with Gasteiger partial charge in [0.05, 0.1) is 9.77 Å². The van der Waals surface area contributed by atoms with Crippen LogP contribution >= 0.6 is 23.6 Å². The second-order valence-corrected chi connectivity index (χ2v) is 7.10. The molecule has 7 heteroatoms. The van der Waals surface area contributed by atoms with Crippen molar-refractivity contribution in [1.82, 2.24) is 4.98 Å². The SMILES string of the molecule is NC(=S)c1cnc(CS(=O)(=O)c2ccccc2)s1. The maximum absolute atomic E-state index is 12.1. The molecule has 0 aliphatic carbocycles. The molecule has 0 amide bonds. The van der Waals surface area contributed by atoms with E-state index in [1.165, 1.54) is 17.5 Å². The predicted molar refractivity (Wildman–Crippen MR) is 75.3 cm³/mol. The lowest BCUT2D eigenvalue weighted by Gasteiger charge is -2.01. The van der Waals surface area contributed by atoms with Gasteiger partial charge in [-0.2, -0.15) is 0 Å². The number of nitrogens with two attached hydrogens (primary N) is 1. The molecule has 2 N–H and O–H groups in total. The van der Waals surface area contributed by atoms with E-state index in [0.29, 0.717) is 9.88 Å². The molecule has 0 bridgehead atoms. The van der Waals surface area contributed by atoms with E-state index in [2.05, 4.69) is 4.98 Å². The highest BCUT2D eigenvalue weighted by Crippen LogP contribution is 2.20. The van der Waals surface area contributed by atoms with Gasteiger partial charge in [-0.3, -0.25) is 0 Å². The lowest BCUT2D eigenvalue weighted by molar-refractivity contribution is 0.595. The molecule has 18 heavy (non-hydrogen) atoms. The molecule has 0 unspecified atom stereocenters. The summed E-state index contributed by atoms with van der Waals surface area (Å²) in [6.45, 7) is 0. The second kappa shape index (κ2) is 5.13. The van der Waals surface area contributed by atoms with Crippen molar-refractivity contribution in [3.63, 3.8) is 0 Å². The monoisotopic (exact) mass is 298 g/mol. The number of nitrogens with zero attached hydrogens (tertiary/aromatic N) is 1. The molecule has 2 aromatic rings. The highest BCUT2D eigenvalue weighted by Gasteiger charge is 2.17. The van der Waals surface area contributed by atoms with Gasteiger partial charge in [-0.05, 0) is 12.1 Å². The lowest BCUT2D eigenvalue weighted by atomic mass is 10.4. The van der Waals surface area contributed by atoms with Crippen LogP contribution < -0.4 is 5.73 Å². The second-order valence-electron chi connectivity index (χ2n) is 3.55. The molecule has 0 aliphatic heterocycles. The van der Waals surface area contributed by atoms with E-state index in [1.54, 1.807) is 30.3 Å². The first-order valence-electron chi connectivity index (χ1n) is 5.01. The molecule has 4 nitrogen and oxygen atoms in total. The van der Waals surface area contributed by atoms with Gasteiger partial charge in [0.25, 0.3) is 0 Å². The topological polar surface area (TPSA) is 73.0 Å². The Morgan fingerprint density at radius 3 is 2.56 bits per heavy atom. The Bertz CT molecular complexity index is 663. The molecule has 0 saturated carbocycles. The van der Waals surface area contributed by atoms with Crippen LogP contribution in [0.1, 0.15) is 9.88 Å². The number of thiazole rings is 1. The van der Waals surface area contributed by atoms with Gasteiger partial charge in [0.15, 0.2) is 9.84 Å². The van der Waals surface area contributed by atoms with Crippen molar-refractivity contribution in [3.8, 4) is 0 Å². The third kappa shape index (κ3) is 2.92. The van der Waals surface area contributed by atoms with Crippen molar-refractivity contribution in [3.05, 3.63) is 46.4 Å². The zero-order valence-corrected chi connectivity index (χ0v) is 11.7. The van der Waals surface area contributed by atoms with Crippen LogP contribution in [0.15, 0.2) is 41.4 Å². The molecule has 2 rings (SSSR count). The largest absolute Gasteiger partial charge is 0.389 e. The van der Waals surface area contributed by atoms with Crippen molar-refractivity contribution in [2.24, 2.45) is 5.73 Å². The van der Waals surface area contributed by atoms with Gasteiger partial charge < -0.3 is 5.73 Å². The number of sulfone groups is 1. The minimum absolute atomic E-state index is 0.135. The number of rotatable bonds is 4. The Morgan fingerprint density at radius 2 is 2.00 bits per heavy atom. The fourth-order valence-corrected chi connectivity index (χ4v) is 3.95. The summed E-state index contributed by atoms with van der Waals surface area (Å²) in [5.74, 6) is -0.135. The van der Waals surface area contributed by atoms with Gasteiger partial charge in [-0.25, -0.2) is 13.4 Å². The number of thiocarbonyl (C=S) groups is 1. The molecule has 0 saturated heterocycles. The number of hydrogen-bond donors (Lipinski definition) is 1. The summed E-state index contributed by atoms with van der Waals surface area (Å²) in [5, 5.41) is 0.488. The average molecular weight is 298 g/mol. The molecule has 0 spiro atoms. The summed E-state index contributed by atoms with van der Waals surface area (Å²) in [5.41, 5.74) is 5.45. The third-order valence-electron chi connectivity index (χ3n) is 2.21. The lowest BCUT2D eigenvalue weighted by Crippen LogP contribution is -2.06. The minimum Gasteiger partial charge on any atom is -0.389 e. The molecule has 1 aromatic carbocycles. The average Bonchev–Trinajstić information content (AvgIpc) is 2.78. The van der Waals surface area contributed by atoms with Crippen LogP contribution in [0.5, 0.6) is 0 Å². The van der Waals surface area contributed by atoms with Gasteiger partial charge in [0.2, 0.25) is 0 Å². The minimum atomic E-state index is -3.36. The molecule has 0 aliphatic rings. The standard InChI is InChI=1S/C11H10N2O2S3/c12-11(16)9-6-13-10(17-9)7-18(14,15)8-4-2-1-3-5-8/h1-6H,7H2,(H2,12,16). The van der Waals surface area contributed by atoms with E-state index in [1.807, 2.05) is 0 Å². The fourth-order valence-electron chi connectivity index (χ4n) is 1.36. The van der Waals surface area contributed by atoms with Crippen molar-refractivity contribution < 1.29 is 8.42 Å². The van der Waals surface area contributed by atoms with E-state index in [4.69, 9.17) is 18.0 Å². The van der Waals surface area contributed by atoms with E-state index in [-0.39, 0.29) is 15.6 Å². The molecule has 1 heterocycles. The first-order chi connectivity index (χ1) is 8.49. The predicted octanol–water partition coefficient (Wildman–Crippen LogP) is 1.75. The number of aromatic nitrogens is 1. The molecule has 1 aromatic heterocycles. The molecule has 94 valence electrons. The van der Waals surface area contributed by atoms with Gasteiger partial charge in [-0.15, -0.1) is 11.3 Å². The Morgan fingerprint density at radius 1 is 1.33 bits per heavy atom.